The van der Waals surface area contributed by atoms with Crippen LogP contribution in [0.5, 0.6) is 0 Å². The van der Waals surface area contributed by atoms with Gasteiger partial charge in [0.15, 0.2) is 0 Å². The molecule has 11 nitrogen and oxygen atoms in total. The van der Waals surface area contributed by atoms with E-state index in [-0.39, 0.29) is 12.0 Å². The maximum Gasteiger partial charge on any atom is 0.323 e. The Morgan fingerprint density at radius 3 is 1.97 bits per heavy atom. The molecule has 0 saturated carbocycles. The highest BCUT2D eigenvalue weighted by atomic mass is 16.2. The van der Waals surface area contributed by atoms with E-state index >= 15 is 0 Å². The smallest absolute Gasteiger partial charge is 0.323 e. The van der Waals surface area contributed by atoms with Gasteiger partial charge >= 0.3 is 6.03 Å². The average molecular weight is 435 g/mol. The Balaban J connectivity index is 1.53. The van der Waals surface area contributed by atoms with Crippen molar-refractivity contribution < 1.29 is 4.79 Å². The zero-order valence-corrected chi connectivity index (χ0v) is 17.9. The van der Waals surface area contributed by atoms with Crippen LogP contribution in [-0.2, 0) is 0 Å². The van der Waals surface area contributed by atoms with Gasteiger partial charge < -0.3 is 21.7 Å². The zero-order chi connectivity index (χ0) is 22.9. The highest BCUT2D eigenvalue weighted by Crippen LogP contribution is 2.13. The van der Waals surface area contributed by atoms with Crippen LogP contribution in [0.25, 0.3) is 0 Å². The number of hydrogen-bond acceptors (Lipinski definition) is 7. The third-order valence-electron chi connectivity index (χ3n) is 4.47. The number of hydrogen-bond donors (Lipinski definition) is 7. The van der Waals surface area contributed by atoms with Gasteiger partial charge in [0.05, 0.1) is 18.0 Å². The van der Waals surface area contributed by atoms with E-state index in [9.17, 15) is 4.79 Å². The van der Waals surface area contributed by atoms with Crippen molar-refractivity contribution in [2.24, 2.45) is 20.9 Å². The van der Waals surface area contributed by atoms with Crippen molar-refractivity contribution in [3.63, 3.8) is 0 Å². The summed E-state index contributed by atoms with van der Waals surface area (Å²) in [6.45, 7) is 5.24. The van der Waals surface area contributed by atoms with E-state index in [1.807, 2.05) is 43.3 Å². The molecule has 11 heteroatoms. The molecule has 2 aromatic rings. The van der Waals surface area contributed by atoms with Gasteiger partial charge in [0.2, 0.25) is 11.9 Å². The molecule has 0 atom stereocenters. The summed E-state index contributed by atoms with van der Waals surface area (Å²) in [7, 11) is 0. The number of amides is 2. The molecule has 2 aromatic carbocycles. The Labute approximate surface area is 185 Å². The van der Waals surface area contributed by atoms with Gasteiger partial charge in [0.1, 0.15) is 0 Å². The fraction of sp³-hybridized carbons (Fsp3) is 0.190. The van der Waals surface area contributed by atoms with Gasteiger partial charge in [-0.05, 0) is 49.2 Å². The van der Waals surface area contributed by atoms with Gasteiger partial charge in [0.25, 0.3) is 0 Å². The minimum absolute atomic E-state index is 0.234. The Morgan fingerprint density at radius 1 is 0.969 bits per heavy atom. The normalized spacial score (nSPS) is 13.6. The van der Waals surface area contributed by atoms with E-state index in [0.29, 0.717) is 23.0 Å². The SMILES string of the molecule is C/C(=N\NC(=N)N)c1ccc(NC(=O)Nc2ccc(/C(C)=N/NC3=NCCN3)cc2)cc1. The van der Waals surface area contributed by atoms with Gasteiger partial charge in [-0.1, -0.05) is 24.3 Å². The Kier molecular flexibility index (Phi) is 7.36. The molecule has 1 heterocycles. The largest absolute Gasteiger partial charge is 0.369 e. The maximum atomic E-state index is 12.3. The van der Waals surface area contributed by atoms with Gasteiger partial charge in [-0.2, -0.15) is 10.2 Å². The summed E-state index contributed by atoms with van der Waals surface area (Å²) in [5.74, 6) is 0.435. The quantitative estimate of drug-likeness (QED) is 0.209. The predicted molar refractivity (Wildman–Crippen MR) is 128 cm³/mol. The summed E-state index contributed by atoms with van der Waals surface area (Å²) in [6, 6.07) is 14.2. The molecule has 0 aliphatic carbocycles. The highest BCUT2D eigenvalue weighted by molar-refractivity contribution is 6.03. The number of guanidine groups is 2. The lowest BCUT2D eigenvalue weighted by Crippen LogP contribution is -2.30. The number of aliphatic imine (C=N–C) groups is 1. The first-order valence-corrected chi connectivity index (χ1v) is 9.92. The van der Waals surface area contributed by atoms with E-state index in [0.717, 1.165) is 29.9 Å². The molecule has 1 aliphatic rings. The number of rotatable bonds is 6. The van der Waals surface area contributed by atoms with Gasteiger partial charge in [0, 0.05) is 17.9 Å². The molecular formula is C21H26N10O. The molecule has 1 aliphatic heterocycles. The van der Waals surface area contributed by atoms with Crippen LogP contribution >= 0.6 is 0 Å². The second kappa shape index (κ2) is 10.6. The third-order valence-corrected chi connectivity index (χ3v) is 4.47. The molecule has 0 saturated heterocycles. The van der Waals surface area contributed by atoms with Crippen LogP contribution < -0.4 is 32.5 Å². The Bertz CT molecular complexity index is 1050. The molecule has 8 N–H and O–H groups in total. The summed E-state index contributed by atoms with van der Waals surface area (Å²) < 4.78 is 0. The molecule has 3 rings (SSSR count). The minimum atomic E-state index is -0.355. The van der Waals surface area contributed by atoms with Gasteiger partial charge in [-0.25, -0.2) is 20.6 Å². The molecular weight excluding hydrogens is 408 g/mol. The maximum absolute atomic E-state index is 12.3. The van der Waals surface area contributed by atoms with E-state index < -0.39 is 0 Å². The second-order valence-corrected chi connectivity index (χ2v) is 6.92. The first kappa shape index (κ1) is 22.3. The number of urea groups is 1. The topological polar surface area (TPSA) is 164 Å². The number of nitrogens with two attached hydrogens (primary N) is 1. The van der Waals surface area contributed by atoms with Crippen LogP contribution in [0.3, 0.4) is 0 Å². The Hall–Kier alpha value is -4.41. The second-order valence-electron chi connectivity index (χ2n) is 6.92. The van der Waals surface area contributed by atoms with Crippen LogP contribution in [-0.4, -0.2) is 42.5 Å². The standard InChI is InChI=1S/C21H26N10O/c1-13(28-30-19(22)23)15-3-7-17(8-4-15)26-21(32)27-18-9-5-16(6-10-18)14(2)29-31-20-24-11-12-25-20/h3-10H,11-12H2,1-2H3,(H4,22,23,30)(H2,24,25,31)(H2,26,27,32)/b28-13+,29-14+. The fourth-order valence-corrected chi connectivity index (χ4v) is 2.77. The van der Waals surface area contributed by atoms with Crippen molar-refractivity contribution in [2.75, 3.05) is 23.7 Å². The molecule has 0 aromatic heterocycles. The monoisotopic (exact) mass is 434 g/mol. The van der Waals surface area contributed by atoms with Gasteiger partial charge in [-0.3, -0.25) is 5.41 Å². The molecule has 0 unspecified atom stereocenters. The van der Waals surface area contributed by atoms with Crippen molar-refractivity contribution >= 4 is 40.7 Å². The van der Waals surface area contributed by atoms with Crippen LogP contribution in [0.2, 0.25) is 0 Å². The number of carbonyl (C=O) groups excluding carboxylic acids is 1. The molecule has 32 heavy (non-hydrogen) atoms. The first-order valence-electron chi connectivity index (χ1n) is 9.92. The number of anilines is 2. The van der Waals surface area contributed by atoms with Crippen LogP contribution in [0.1, 0.15) is 25.0 Å². The molecule has 2 amide bonds. The molecule has 0 radical (unpaired) electrons. The van der Waals surface area contributed by atoms with E-state index in [1.165, 1.54) is 0 Å². The van der Waals surface area contributed by atoms with Crippen molar-refractivity contribution in [3.05, 3.63) is 59.7 Å². The summed E-state index contributed by atoms with van der Waals surface area (Å²) >= 11 is 0. The lowest BCUT2D eigenvalue weighted by Gasteiger charge is -2.09. The minimum Gasteiger partial charge on any atom is -0.369 e. The van der Waals surface area contributed by atoms with Crippen LogP contribution in [0.4, 0.5) is 16.2 Å². The zero-order valence-electron chi connectivity index (χ0n) is 17.9. The fourth-order valence-electron chi connectivity index (χ4n) is 2.77. The summed E-state index contributed by atoms with van der Waals surface area (Å²) in [5, 5.41) is 24.1. The van der Waals surface area contributed by atoms with Crippen molar-refractivity contribution in [1.29, 1.82) is 5.41 Å². The van der Waals surface area contributed by atoms with E-state index in [4.69, 9.17) is 11.1 Å². The van der Waals surface area contributed by atoms with Crippen molar-refractivity contribution in [3.8, 4) is 0 Å². The lowest BCUT2D eigenvalue weighted by molar-refractivity contribution is 0.262. The highest BCUT2D eigenvalue weighted by Gasteiger charge is 2.06. The summed E-state index contributed by atoms with van der Waals surface area (Å²) in [5.41, 5.74) is 15.0. The molecule has 0 fully saturated rings. The number of hydrazone groups is 2. The third kappa shape index (κ3) is 6.55. The predicted octanol–water partition coefficient (Wildman–Crippen LogP) is 1.81. The van der Waals surface area contributed by atoms with Gasteiger partial charge in [-0.15, -0.1) is 0 Å². The number of benzene rings is 2. The first-order chi connectivity index (χ1) is 15.4. The van der Waals surface area contributed by atoms with Crippen LogP contribution in [0, 0.1) is 5.41 Å². The number of nitrogens with one attached hydrogen (secondary N) is 6. The van der Waals surface area contributed by atoms with E-state index in [1.54, 1.807) is 19.1 Å². The summed E-state index contributed by atoms with van der Waals surface area (Å²) in [6.07, 6.45) is 0. The van der Waals surface area contributed by atoms with Crippen molar-refractivity contribution in [1.82, 2.24) is 16.2 Å². The lowest BCUT2D eigenvalue weighted by atomic mass is 10.1. The summed E-state index contributed by atoms with van der Waals surface area (Å²) in [4.78, 5) is 16.5. The number of carbonyl (C=O) groups is 1. The van der Waals surface area contributed by atoms with Crippen molar-refractivity contribution in [2.45, 2.75) is 13.8 Å². The van der Waals surface area contributed by atoms with Crippen LogP contribution in [0.15, 0.2) is 63.7 Å². The van der Waals surface area contributed by atoms with E-state index in [2.05, 4.69) is 42.0 Å². The molecule has 166 valence electrons. The average Bonchev–Trinajstić information content (AvgIpc) is 3.30. The molecule has 0 spiro atoms. The molecule has 0 bridgehead atoms. The number of nitrogens with zero attached hydrogens (tertiary/aromatic N) is 3. The Morgan fingerprint density at radius 2 is 1.50 bits per heavy atom.